The Labute approximate surface area is 109 Å². The molecule has 0 aliphatic rings. The van der Waals surface area contributed by atoms with Crippen LogP contribution in [0.15, 0.2) is 36.9 Å². The Hall–Kier alpha value is -1.90. The van der Waals surface area contributed by atoms with Gasteiger partial charge in [-0.25, -0.2) is 4.68 Å². The van der Waals surface area contributed by atoms with E-state index in [0.29, 0.717) is 11.0 Å². The second-order valence-electron chi connectivity index (χ2n) is 3.31. The minimum atomic E-state index is -1.54. The summed E-state index contributed by atoms with van der Waals surface area (Å²) in [4.78, 5) is 11.7. The van der Waals surface area contributed by atoms with E-state index in [-0.39, 0.29) is 18.3 Å². The molecular weight excluding hydrogens is 258 g/mol. The molecule has 0 saturated carbocycles. The molecule has 0 aliphatic carbocycles. The summed E-state index contributed by atoms with van der Waals surface area (Å²) in [6.07, 6.45) is 2.70. The van der Waals surface area contributed by atoms with Crippen molar-refractivity contribution in [2.45, 2.75) is 0 Å². The number of halogens is 1. The predicted octanol–water partition coefficient (Wildman–Crippen LogP) is -1.24. The van der Waals surface area contributed by atoms with Gasteiger partial charge in [-0.2, -0.15) is 0 Å². The van der Waals surface area contributed by atoms with E-state index in [1.54, 1.807) is 0 Å². The molecule has 3 N–H and O–H groups in total. The van der Waals surface area contributed by atoms with Crippen molar-refractivity contribution >= 4 is 30.9 Å². The van der Waals surface area contributed by atoms with Crippen LogP contribution in [0.1, 0.15) is 10.4 Å². The van der Waals surface area contributed by atoms with Crippen molar-refractivity contribution in [2.75, 3.05) is 5.43 Å². The molecule has 7 nitrogen and oxygen atoms in total. The second-order valence-corrected chi connectivity index (χ2v) is 3.31. The molecule has 0 bridgehead atoms. The molecule has 1 aromatic heterocycles. The number of hydrogen-bond acceptors (Lipinski definition) is 5. The van der Waals surface area contributed by atoms with Crippen LogP contribution in [0.25, 0.3) is 0 Å². The number of hydrogen-bond donors (Lipinski definition) is 3. The van der Waals surface area contributed by atoms with Crippen molar-refractivity contribution in [1.29, 1.82) is 0 Å². The minimum Gasteiger partial charge on any atom is -0.423 e. The molecule has 0 fully saturated rings. The van der Waals surface area contributed by atoms with Crippen LogP contribution in [-0.2, 0) is 0 Å². The maximum atomic E-state index is 11.7. The topological polar surface area (TPSA) is 100 Å². The Morgan fingerprint density at radius 3 is 2.22 bits per heavy atom. The lowest BCUT2D eigenvalue weighted by Crippen LogP contribution is -2.30. The van der Waals surface area contributed by atoms with E-state index in [0.717, 1.165) is 0 Å². The summed E-state index contributed by atoms with van der Waals surface area (Å²) in [5.41, 5.74) is 3.23. The molecule has 1 aromatic carbocycles. The summed E-state index contributed by atoms with van der Waals surface area (Å²) in [5.74, 6) is -0.344. The van der Waals surface area contributed by atoms with Crippen LogP contribution in [-0.4, -0.2) is 37.9 Å². The van der Waals surface area contributed by atoms with E-state index < -0.39 is 7.12 Å². The van der Waals surface area contributed by atoms with Crippen molar-refractivity contribution in [2.24, 2.45) is 0 Å². The SMILES string of the molecule is Cl.O=C(Nn1cnnc1)c1ccc(B(O)O)cc1. The Kier molecular flexibility index (Phi) is 4.84. The van der Waals surface area contributed by atoms with Gasteiger partial charge < -0.3 is 10.0 Å². The van der Waals surface area contributed by atoms with Crippen LogP contribution < -0.4 is 10.9 Å². The molecule has 0 aliphatic heterocycles. The first-order valence-corrected chi connectivity index (χ1v) is 4.79. The molecule has 0 spiro atoms. The van der Waals surface area contributed by atoms with Gasteiger partial charge in [-0.3, -0.25) is 10.2 Å². The molecule has 18 heavy (non-hydrogen) atoms. The summed E-state index contributed by atoms with van der Waals surface area (Å²) < 4.78 is 1.32. The van der Waals surface area contributed by atoms with E-state index in [2.05, 4.69) is 15.6 Å². The van der Waals surface area contributed by atoms with Gasteiger partial charge in [0.05, 0.1) is 0 Å². The van der Waals surface area contributed by atoms with E-state index in [9.17, 15) is 4.79 Å². The highest BCUT2D eigenvalue weighted by Gasteiger charge is 2.12. The average Bonchev–Trinajstić information content (AvgIpc) is 2.82. The molecule has 0 atom stereocenters. The number of nitrogens with zero attached hydrogens (tertiary/aromatic N) is 3. The zero-order valence-electron chi connectivity index (χ0n) is 9.09. The van der Waals surface area contributed by atoms with Crippen molar-refractivity contribution in [3.05, 3.63) is 42.5 Å². The first-order valence-electron chi connectivity index (χ1n) is 4.79. The van der Waals surface area contributed by atoms with Crippen molar-refractivity contribution < 1.29 is 14.8 Å². The highest BCUT2D eigenvalue weighted by Crippen LogP contribution is 1.98. The van der Waals surface area contributed by atoms with Crippen LogP contribution in [0.5, 0.6) is 0 Å². The van der Waals surface area contributed by atoms with Gasteiger partial charge in [0.15, 0.2) is 0 Å². The molecule has 9 heteroatoms. The number of amides is 1. The van der Waals surface area contributed by atoms with Crippen molar-refractivity contribution in [3.8, 4) is 0 Å². The Balaban J connectivity index is 0.00000162. The average molecular weight is 268 g/mol. The maximum absolute atomic E-state index is 11.7. The molecule has 0 saturated heterocycles. The zero-order valence-corrected chi connectivity index (χ0v) is 9.91. The van der Waals surface area contributed by atoms with Crippen molar-refractivity contribution in [3.63, 3.8) is 0 Å². The zero-order chi connectivity index (χ0) is 12.3. The number of aromatic nitrogens is 3. The van der Waals surface area contributed by atoms with E-state index in [1.165, 1.54) is 41.6 Å². The number of carbonyl (C=O) groups excluding carboxylic acids is 1. The molecule has 2 rings (SSSR count). The van der Waals surface area contributed by atoms with E-state index >= 15 is 0 Å². The normalized spacial score (nSPS) is 9.44. The minimum absolute atomic E-state index is 0. The molecule has 1 heterocycles. The summed E-state index contributed by atoms with van der Waals surface area (Å²) >= 11 is 0. The fourth-order valence-electron chi connectivity index (χ4n) is 1.25. The Morgan fingerprint density at radius 2 is 1.72 bits per heavy atom. The van der Waals surface area contributed by atoms with Gasteiger partial charge in [0, 0.05) is 5.56 Å². The highest BCUT2D eigenvalue weighted by molar-refractivity contribution is 6.58. The van der Waals surface area contributed by atoms with Gasteiger partial charge in [-0.1, -0.05) is 12.1 Å². The third-order valence-corrected chi connectivity index (χ3v) is 2.12. The summed E-state index contributed by atoms with van der Waals surface area (Å²) in [5, 5.41) is 24.9. The molecule has 2 aromatic rings. The Morgan fingerprint density at radius 1 is 1.17 bits per heavy atom. The van der Waals surface area contributed by atoms with Gasteiger partial charge >= 0.3 is 7.12 Å². The van der Waals surface area contributed by atoms with Gasteiger partial charge in [-0.05, 0) is 17.6 Å². The number of benzene rings is 1. The molecule has 94 valence electrons. The number of carbonyl (C=O) groups is 1. The fourth-order valence-corrected chi connectivity index (χ4v) is 1.25. The van der Waals surface area contributed by atoms with Gasteiger partial charge in [0.1, 0.15) is 12.7 Å². The van der Waals surface area contributed by atoms with Gasteiger partial charge in [0.25, 0.3) is 5.91 Å². The first kappa shape index (κ1) is 14.2. The molecule has 0 unspecified atom stereocenters. The fraction of sp³-hybridized carbons (Fsp3) is 0. The predicted molar refractivity (Wildman–Crippen MR) is 67.2 cm³/mol. The smallest absolute Gasteiger partial charge is 0.423 e. The monoisotopic (exact) mass is 268 g/mol. The standard InChI is InChI=1S/C9H9BN4O3.ClH/c15-9(13-14-5-11-12-6-14)7-1-3-8(4-2-7)10(16)17;/h1-6,16-17H,(H,13,15);1H. The van der Waals surface area contributed by atoms with E-state index in [1.807, 2.05) is 0 Å². The quantitative estimate of drug-likeness (QED) is 0.605. The first-order chi connectivity index (χ1) is 8.16. The lowest BCUT2D eigenvalue weighted by Gasteiger charge is -2.05. The summed E-state index contributed by atoms with van der Waals surface area (Å²) in [7, 11) is -1.54. The van der Waals surface area contributed by atoms with Crippen molar-refractivity contribution in [1.82, 2.24) is 14.9 Å². The van der Waals surface area contributed by atoms with Crippen LogP contribution in [0, 0.1) is 0 Å². The Bertz CT molecular complexity index is 503. The van der Waals surface area contributed by atoms with Gasteiger partial charge in [0.2, 0.25) is 0 Å². The summed E-state index contributed by atoms with van der Waals surface area (Å²) in [6.45, 7) is 0. The molecule has 0 radical (unpaired) electrons. The number of rotatable bonds is 3. The van der Waals surface area contributed by atoms with Crippen LogP contribution >= 0.6 is 12.4 Å². The van der Waals surface area contributed by atoms with Gasteiger partial charge in [-0.15, -0.1) is 22.6 Å². The largest absolute Gasteiger partial charge is 0.488 e. The lowest BCUT2D eigenvalue weighted by atomic mass is 9.80. The third kappa shape index (κ3) is 3.30. The molecular formula is C9H10BClN4O3. The summed E-state index contributed by atoms with van der Waals surface area (Å²) in [6, 6.07) is 5.92. The van der Waals surface area contributed by atoms with E-state index in [4.69, 9.17) is 10.0 Å². The molecule has 1 amide bonds. The highest BCUT2D eigenvalue weighted by atomic mass is 35.5. The lowest BCUT2D eigenvalue weighted by molar-refractivity contribution is 0.101. The van der Waals surface area contributed by atoms with Crippen LogP contribution in [0.3, 0.4) is 0 Å². The second kappa shape index (κ2) is 6.15. The van der Waals surface area contributed by atoms with Crippen LogP contribution in [0.4, 0.5) is 0 Å². The number of nitrogens with one attached hydrogen (secondary N) is 1. The maximum Gasteiger partial charge on any atom is 0.488 e. The third-order valence-electron chi connectivity index (χ3n) is 2.12. The van der Waals surface area contributed by atoms with Crippen LogP contribution in [0.2, 0.25) is 0 Å².